The average molecular weight is 233 g/mol. The number of hydrogen-bond acceptors (Lipinski definition) is 3. The highest BCUT2D eigenvalue weighted by atomic mass is 16.2. The number of aryl methyl sites for hydroxylation is 1. The van der Waals surface area contributed by atoms with Crippen LogP contribution < -0.4 is 10.7 Å². The van der Waals surface area contributed by atoms with E-state index >= 15 is 0 Å². The summed E-state index contributed by atoms with van der Waals surface area (Å²) in [5.74, 6) is 0.196. The second-order valence-corrected chi connectivity index (χ2v) is 4.32. The molecular weight excluding hydrogens is 214 g/mol. The van der Waals surface area contributed by atoms with E-state index in [0.717, 1.165) is 18.7 Å². The van der Waals surface area contributed by atoms with Gasteiger partial charge in [-0.1, -0.05) is 18.2 Å². The fourth-order valence-corrected chi connectivity index (χ4v) is 2.18. The maximum Gasteiger partial charge on any atom is 0.242 e. The zero-order chi connectivity index (χ0) is 12.3. The van der Waals surface area contributed by atoms with Gasteiger partial charge in [0, 0.05) is 19.5 Å². The van der Waals surface area contributed by atoms with Crippen LogP contribution in [-0.4, -0.2) is 30.6 Å². The smallest absolute Gasteiger partial charge is 0.242 e. The summed E-state index contributed by atoms with van der Waals surface area (Å²) in [5.41, 5.74) is 7.82. The van der Waals surface area contributed by atoms with Crippen LogP contribution in [0.2, 0.25) is 0 Å². The molecule has 0 bridgehead atoms. The minimum absolute atomic E-state index is 0.196. The van der Waals surface area contributed by atoms with Gasteiger partial charge in [-0.15, -0.1) is 0 Å². The van der Waals surface area contributed by atoms with Gasteiger partial charge in [-0.05, 0) is 31.5 Å². The largest absolute Gasteiger partial charge is 0.330 e. The predicted molar refractivity (Wildman–Crippen MR) is 68.5 cm³/mol. The number of rotatable bonds is 4. The van der Waals surface area contributed by atoms with Crippen LogP contribution in [0.5, 0.6) is 0 Å². The lowest BCUT2D eigenvalue weighted by Gasteiger charge is -2.30. The Bertz CT molecular complexity index is 405. The predicted octanol–water partition coefficient (Wildman–Crippen LogP) is 1.30. The van der Waals surface area contributed by atoms with Crippen molar-refractivity contribution in [1.29, 1.82) is 0 Å². The van der Waals surface area contributed by atoms with Crippen molar-refractivity contribution >= 4 is 11.6 Å². The number of hydrazine groups is 1. The molecule has 4 heteroatoms. The number of carbonyl (C=O) groups excluding carboxylic acids is 1. The first-order valence-electron chi connectivity index (χ1n) is 6.07. The van der Waals surface area contributed by atoms with Gasteiger partial charge in [0.25, 0.3) is 0 Å². The Morgan fingerprint density at radius 1 is 1.35 bits per heavy atom. The molecule has 0 aromatic heterocycles. The SMILES string of the molecule is Cc1ccccc1N1CCC(=O)N1CCCN. The van der Waals surface area contributed by atoms with Crippen LogP contribution in [0.4, 0.5) is 5.69 Å². The summed E-state index contributed by atoms with van der Waals surface area (Å²) < 4.78 is 0. The van der Waals surface area contributed by atoms with E-state index in [2.05, 4.69) is 24.1 Å². The highest BCUT2D eigenvalue weighted by molar-refractivity contribution is 5.82. The summed E-state index contributed by atoms with van der Waals surface area (Å²) in [4.78, 5) is 11.8. The zero-order valence-electron chi connectivity index (χ0n) is 10.2. The number of para-hydroxylation sites is 1. The second-order valence-electron chi connectivity index (χ2n) is 4.32. The van der Waals surface area contributed by atoms with E-state index in [-0.39, 0.29) is 5.91 Å². The van der Waals surface area contributed by atoms with Crippen molar-refractivity contribution in [1.82, 2.24) is 5.01 Å². The summed E-state index contributed by atoms with van der Waals surface area (Å²) in [6, 6.07) is 8.15. The van der Waals surface area contributed by atoms with Crippen LogP contribution in [0.1, 0.15) is 18.4 Å². The third-order valence-corrected chi connectivity index (χ3v) is 3.08. The molecule has 4 nitrogen and oxygen atoms in total. The standard InChI is InChI=1S/C13H19N3O/c1-11-5-2-3-6-12(11)15-10-7-13(17)16(15)9-4-8-14/h2-3,5-6H,4,7-10,14H2,1H3. The maximum absolute atomic E-state index is 11.8. The number of anilines is 1. The van der Waals surface area contributed by atoms with Gasteiger partial charge >= 0.3 is 0 Å². The molecule has 1 saturated heterocycles. The Morgan fingerprint density at radius 3 is 2.82 bits per heavy atom. The molecule has 0 radical (unpaired) electrons. The average Bonchev–Trinajstić information content (AvgIpc) is 2.69. The second kappa shape index (κ2) is 5.19. The summed E-state index contributed by atoms with van der Waals surface area (Å²) >= 11 is 0. The minimum Gasteiger partial charge on any atom is -0.330 e. The van der Waals surface area contributed by atoms with E-state index in [9.17, 15) is 4.79 Å². The third-order valence-electron chi connectivity index (χ3n) is 3.08. The lowest BCUT2D eigenvalue weighted by molar-refractivity contribution is -0.128. The topological polar surface area (TPSA) is 49.6 Å². The van der Waals surface area contributed by atoms with Gasteiger partial charge in [-0.3, -0.25) is 14.8 Å². The molecule has 2 rings (SSSR count). The van der Waals surface area contributed by atoms with Crippen molar-refractivity contribution in [2.24, 2.45) is 5.73 Å². The van der Waals surface area contributed by atoms with Crippen molar-refractivity contribution in [3.8, 4) is 0 Å². The lowest BCUT2D eigenvalue weighted by Crippen LogP contribution is -2.40. The van der Waals surface area contributed by atoms with Gasteiger partial charge in [-0.25, -0.2) is 0 Å². The Hall–Kier alpha value is -1.55. The van der Waals surface area contributed by atoms with E-state index < -0.39 is 0 Å². The minimum atomic E-state index is 0.196. The van der Waals surface area contributed by atoms with Gasteiger partial charge in [0.05, 0.1) is 5.69 Å². The number of amides is 1. The fraction of sp³-hybridized carbons (Fsp3) is 0.462. The number of benzene rings is 1. The van der Waals surface area contributed by atoms with E-state index in [1.807, 2.05) is 17.1 Å². The van der Waals surface area contributed by atoms with Crippen LogP contribution >= 0.6 is 0 Å². The first-order chi connectivity index (χ1) is 8.24. The Morgan fingerprint density at radius 2 is 2.12 bits per heavy atom. The molecule has 0 unspecified atom stereocenters. The Kier molecular flexibility index (Phi) is 3.64. The molecule has 0 aliphatic carbocycles. The molecule has 17 heavy (non-hydrogen) atoms. The highest BCUT2D eigenvalue weighted by Gasteiger charge is 2.29. The fourth-order valence-electron chi connectivity index (χ4n) is 2.18. The molecule has 1 fully saturated rings. The third kappa shape index (κ3) is 2.42. The lowest BCUT2D eigenvalue weighted by atomic mass is 10.2. The first kappa shape index (κ1) is 11.9. The van der Waals surface area contributed by atoms with E-state index in [1.165, 1.54) is 5.56 Å². The zero-order valence-corrected chi connectivity index (χ0v) is 10.2. The molecule has 1 aromatic carbocycles. The van der Waals surface area contributed by atoms with Gasteiger partial charge in [0.2, 0.25) is 5.91 Å². The Balaban J connectivity index is 2.19. The molecule has 1 aliphatic heterocycles. The summed E-state index contributed by atoms with van der Waals surface area (Å²) in [5, 5.41) is 3.91. The van der Waals surface area contributed by atoms with E-state index in [1.54, 1.807) is 0 Å². The van der Waals surface area contributed by atoms with Crippen molar-refractivity contribution < 1.29 is 4.79 Å². The van der Waals surface area contributed by atoms with E-state index in [0.29, 0.717) is 19.5 Å². The molecule has 92 valence electrons. The summed E-state index contributed by atoms with van der Waals surface area (Å²) in [6.07, 6.45) is 1.44. The van der Waals surface area contributed by atoms with Crippen LogP contribution in [-0.2, 0) is 4.79 Å². The number of hydrogen-bond donors (Lipinski definition) is 1. The molecule has 0 saturated carbocycles. The molecule has 1 heterocycles. The number of carbonyl (C=O) groups is 1. The van der Waals surface area contributed by atoms with Gasteiger partial charge in [0.15, 0.2) is 0 Å². The van der Waals surface area contributed by atoms with E-state index in [4.69, 9.17) is 5.73 Å². The quantitative estimate of drug-likeness (QED) is 0.852. The van der Waals surface area contributed by atoms with Crippen molar-refractivity contribution in [3.05, 3.63) is 29.8 Å². The Labute approximate surface area is 102 Å². The van der Waals surface area contributed by atoms with Crippen LogP contribution in [0.15, 0.2) is 24.3 Å². The first-order valence-corrected chi connectivity index (χ1v) is 6.07. The molecule has 1 aliphatic rings. The molecule has 1 amide bonds. The van der Waals surface area contributed by atoms with Gasteiger partial charge in [0.1, 0.15) is 0 Å². The molecule has 2 N–H and O–H groups in total. The number of nitrogens with zero attached hydrogens (tertiary/aromatic N) is 2. The van der Waals surface area contributed by atoms with Crippen molar-refractivity contribution in [3.63, 3.8) is 0 Å². The normalized spacial score (nSPS) is 15.8. The molecule has 0 spiro atoms. The monoisotopic (exact) mass is 233 g/mol. The summed E-state index contributed by atoms with van der Waals surface area (Å²) in [6.45, 7) is 4.17. The number of nitrogens with two attached hydrogens (primary N) is 1. The maximum atomic E-state index is 11.8. The van der Waals surface area contributed by atoms with Crippen LogP contribution in [0.3, 0.4) is 0 Å². The molecule has 0 atom stereocenters. The molecular formula is C13H19N3O. The summed E-state index contributed by atoms with van der Waals surface area (Å²) in [7, 11) is 0. The van der Waals surface area contributed by atoms with Crippen LogP contribution in [0.25, 0.3) is 0 Å². The van der Waals surface area contributed by atoms with Crippen molar-refractivity contribution in [2.45, 2.75) is 19.8 Å². The van der Waals surface area contributed by atoms with Crippen LogP contribution in [0, 0.1) is 6.92 Å². The van der Waals surface area contributed by atoms with Crippen molar-refractivity contribution in [2.75, 3.05) is 24.6 Å². The van der Waals surface area contributed by atoms with Gasteiger partial charge < -0.3 is 5.73 Å². The molecule has 1 aromatic rings. The van der Waals surface area contributed by atoms with Gasteiger partial charge in [-0.2, -0.15) is 0 Å². The highest BCUT2D eigenvalue weighted by Crippen LogP contribution is 2.25.